The second kappa shape index (κ2) is 11.5. The summed E-state index contributed by atoms with van der Waals surface area (Å²) in [4.78, 5) is 67.0. The van der Waals surface area contributed by atoms with Gasteiger partial charge in [-0.1, -0.05) is 6.92 Å². The summed E-state index contributed by atoms with van der Waals surface area (Å²) in [6.07, 6.45) is -5.31. The lowest BCUT2D eigenvalue weighted by molar-refractivity contribution is -0.0576. The Kier molecular flexibility index (Phi) is 7.84. The first-order chi connectivity index (χ1) is 22.2. The van der Waals surface area contributed by atoms with Gasteiger partial charge in [0, 0.05) is 5.92 Å². The molecule has 0 bridgehead atoms. The number of imidazole rings is 2. The summed E-state index contributed by atoms with van der Waals surface area (Å²) >= 11 is 0. The topological polar surface area (TPSA) is 335 Å². The number of H-pyrrole nitrogens is 2. The zero-order valence-electron chi connectivity index (χ0n) is 24.2. The third-order valence-corrected chi connectivity index (χ3v) is 10.0. The van der Waals surface area contributed by atoms with Crippen molar-refractivity contribution < 1.29 is 46.7 Å². The molecule has 3 aliphatic rings. The maximum atomic E-state index is 13.3. The predicted octanol–water partition coefficient (Wildman–Crippen LogP) is -1.76. The maximum Gasteiger partial charge on any atom is 0.472 e. The number of nitrogens with two attached hydrogens (primary N) is 3. The molecule has 3 saturated heterocycles. The molecule has 4 aromatic heterocycles. The molecule has 3 fully saturated rings. The number of phosphoric acid groups is 1. The molecule has 254 valence electrons. The second-order valence-corrected chi connectivity index (χ2v) is 14.3. The Labute approximate surface area is 261 Å². The maximum absolute atomic E-state index is 13.3. The SMILES string of the molecule is C[C@@H]1[C@@H]2OCP(=O)(O)OC[C@H]3OC(n4cnc5c(=O)[nH]c(N)nc54)[C@H](N)[C@@H]3OP(=O)(O)OCC2O[C@H]1n1cnc2c(=O)[nH]c(N)nc21. The number of fused-ring (bicyclic) bond motifs is 4. The normalized spacial score (nSPS) is 36.9. The third kappa shape index (κ3) is 5.78. The van der Waals surface area contributed by atoms with Crippen molar-refractivity contribution in [2.24, 2.45) is 11.7 Å². The molecular formula is C22H29N11O12P2. The van der Waals surface area contributed by atoms with Crippen LogP contribution in [0.4, 0.5) is 11.9 Å². The number of ether oxygens (including phenoxy) is 3. The minimum atomic E-state index is -4.95. The number of hydrogen-bond donors (Lipinski definition) is 7. The molecule has 4 unspecified atom stereocenters. The molecule has 7 heterocycles. The van der Waals surface area contributed by atoms with Crippen LogP contribution in [0, 0.1) is 5.92 Å². The Balaban J connectivity index is 1.17. The highest BCUT2D eigenvalue weighted by molar-refractivity contribution is 7.52. The van der Waals surface area contributed by atoms with Gasteiger partial charge in [0.25, 0.3) is 11.1 Å². The van der Waals surface area contributed by atoms with E-state index in [0.29, 0.717) is 0 Å². The molecule has 0 spiro atoms. The summed E-state index contributed by atoms with van der Waals surface area (Å²) in [6.45, 7) is 0.454. The molecule has 10 N–H and O–H groups in total. The summed E-state index contributed by atoms with van der Waals surface area (Å²) in [5.74, 6) is -1.00. The summed E-state index contributed by atoms with van der Waals surface area (Å²) < 4.78 is 63.1. The molecule has 23 nitrogen and oxygen atoms in total. The van der Waals surface area contributed by atoms with Crippen LogP contribution in [0.5, 0.6) is 0 Å². The van der Waals surface area contributed by atoms with E-state index < -0.39 is 94.9 Å². The molecule has 0 amide bonds. The molecule has 0 aliphatic carbocycles. The number of nitrogens with zero attached hydrogens (tertiary/aromatic N) is 6. The Morgan fingerprint density at radius 2 is 1.40 bits per heavy atom. The first-order valence-electron chi connectivity index (χ1n) is 14.0. The number of nitrogens with one attached hydrogen (secondary N) is 2. The zero-order chi connectivity index (χ0) is 33.4. The van der Waals surface area contributed by atoms with E-state index in [1.165, 1.54) is 21.8 Å². The molecule has 25 heteroatoms. The van der Waals surface area contributed by atoms with Crippen LogP contribution in [0.25, 0.3) is 22.3 Å². The van der Waals surface area contributed by atoms with Gasteiger partial charge in [0.05, 0.1) is 38.0 Å². The van der Waals surface area contributed by atoms with Gasteiger partial charge in [-0.2, -0.15) is 9.97 Å². The van der Waals surface area contributed by atoms with Gasteiger partial charge in [0.15, 0.2) is 28.6 Å². The number of phosphoric ester groups is 1. The highest BCUT2D eigenvalue weighted by Crippen LogP contribution is 2.52. The average Bonchev–Trinajstić information content (AvgIpc) is 3.74. The van der Waals surface area contributed by atoms with Crippen molar-refractivity contribution in [3.63, 3.8) is 0 Å². The number of nitrogen functional groups attached to an aromatic ring is 2. The van der Waals surface area contributed by atoms with Crippen molar-refractivity contribution in [1.29, 1.82) is 0 Å². The van der Waals surface area contributed by atoms with Crippen LogP contribution in [0.15, 0.2) is 22.2 Å². The van der Waals surface area contributed by atoms with E-state index in [2.05, 4.69) is 29.9 Å². The monoisotopic (exact) mass is 701 g/mol. The number of aromatic nitrogens is 8. The molecule has 47 heavy (non-hydrogen) atoms. The minimum absolute atomic E-state index is 0.00709. The summed E-state index contributed by atoms with van der Waals surface area (Å²) in [6, 6.07) is -1.25. The van der Waals surface area contributed by atoms with Crippen molar-refractivity contribution in [1.82, 2.24) is 39.0 Å². The number of aromatic amines is 2. The van der Waals surface area contributed by atoms with Gasteiger partial charge in [-0.25, -0.2) is 14.5 Å². The highest BCUT2D eigenvalue weighted by atomic mass is 31.2. The van der Waals surface area contributed by atoms with E-state index in [4.69, 9.17) is 45.0 Å². The fraction of sp³-hybridized carbons (Fsp3) is 0.545. The molecule has 4 aromatic rings. The van der Waals surface area contributed by atoms with E-state index in [1.807, 2.05) is 0 Å². The summed E-state index contributed by atoms with van der Waals surface area (Å²) in [7, 11) is -9.46. The van der Waals surface area contributed by atoms with E-state index in [1.54, 1.807) is 6.92 Å². The first-order valence-corrected chi connectivity index (χ1v) is 17.2. The van der Waals surface area contributed by atoms with Crippen LogP contribution in [0.2, 0.25) is 0 Å². The van der Waals surface area contributed by atoms with Gasteiger partial charge < -0.3 is 45.7 Å². The highest BCUT2D eigenvalue weighted by Gasteiger charge is 2.51. The van der Waals surface area contributed by atoms with Gasteiger partial charge >= 0.3 is 15.4 Å². The van der Waals surface area contributed by atoms with E-state index >= 15 is 0 Å². The summed E-state index contributed by atoms with van der Waals surface area (Å²) in [5.41, 5.74) is 16.6. The quantitative estimate of drug-likeness (QED) is 0.114. The number of anilines is 2. The van der Waals surface area contributed by atoms with Crippen LogP contribution in [0.3, 0.4) is 0 Å². The average molecular weight is 701 g/mol. The van der Waals surface area contributed by atoms with Crippen molar-refractivity contribution >= 4 is 49.6 Å². The lowest BCUT2D eigenvalue weighted by Gasteiger charge is -2.24. The first kappa shape index (κ1) is 32.0. The fourth-order valence-electron chi connectivity index (χ4n) is 5.89. The molecular weight excluding hydrogens is 672 g/mol. The number of rotatable bonds is 2. The fourth-order valence-corrected chi connectivity index (χ4v) is 7.69. The minimum Gasteiger partial charge on any atom is -0.369 e. The Hall–Kier alpha value is -3.60. The van der Waals surface area contributed by atoms with Crippen molar-refractivity contribution in [2.75, 3.05) is 31.0 Å². The van der Waals surface area contributed by atoms with Gasteiger partial charge in [-0.15, -0.1) is 0 Å². The lowest BCUT2D eigenvalue weighted by Crippen LogP contribution is -2.41. The Morgan fingerprint density at radius 1 is 0.872 bits per heavy atom. The largest absolute Gasteiger partial charge is 0.472 e. The van der Waals surface area contributed by atoms with Gasteiger partial charge in [0.2, 0.25) is 11.9 Å². The van der Waals surface area contributed by atoms with Gasteiger partial charge in [-0.3, -0.25) is 42.3 Å². The molecule has 0 saturated carbocycles. The van der Waals surface area contributed by atoms with Gasteiger partial charge in [0.1, 0.15) is 30.9 Å². The molecule has 7 rings (SSSR count). The lowest BCUT2D eigenvalue weighted by atomic mass is 10.0. The molecule has 10 atom stereocenters. The third-order valence-electron chi connectivity index (χ3n) is 8.02. The van der Waals surface area contributed by atoms with E-state index in [9.17, 15) is 28.5 Å². The van der Waals surface area contributed by atoms with Crippen LogP contribution < -0.4 is 28.3 Å². The molecule has 0 radical (unpaired) electrons. The smallest absolute Gasteiger partial charge is 0.369 e. The molecule has 0 aromatic carbocycles. The number of hydrogen-bond acceptors (Lipinski definition) is 17. The van der Waals surface area contributed by atoms with E-state index in [0.717, 1.165) is 0 Å². The predicted molar refractivity (Wildman–Crippen MR) is 156 cm³/mol. The second-order valence-electron chi connectivity index (χ2n) is 11.1. The zero-order valence-corrected chi connectivity index (χ0v) is 26.0. The van der Waals surface area contributed by atoms with Crippen molar-refractivity contribution in [2.45, 2.75) is 49.8 Å². The van der Waals surface area contributed by atoms with E-state index in [-0.39, 0.29) is 34.2 Å². The van der Waals surface area contributed by atoms with Crippen LogP contribution in [-0.2, 0) is 36.9 Å². The molecule has 3 aliphatic heterocycles. The van der Waals surface area contributed by atoms with Crippen molar-refractivity contribution in [3.05, 3.63) is 33.4 Å². The Morgan fingerprint density at radius 3 is 2.02 bits per heavy atom. The van der Waals surface area contributed by atoms with Crippen LogP contribution in [0.1, 0.15) is 19.4 Å². The Bertz CT molecular complexity index is 2070. The van der Waals surface area contributed by atoms with Crippen molar-refractivity contribution in [3.8, 4) is 0 Å². The standard InChI is InChI=1S/C22H29N11O12P2/c1-7-13-8(43-19(7)32-4-26-11-15(32)28-21(24)30-17(11)34)3-42-47(38,39)45-14-9(2-41-46(36,37)6-40-13)44-20(10(14)23)33-5-27-12-16(33)29-22(25)31-18(12)35/h4-5,7-10,13-14,19-20H,2-3,6,23H2,1H3,(H,36,37)(H,38,39)(H3,24,28,30,34)(H3,25,29,31,35)/t7-,8?,9-,10-,13+,14-,19-,20?/m1/s1. The van der Waals surface area contributed by atoms with Crippen LogP contribution >= 0.6 is 15.4 Å². The van der Waals surface area contributed by atoms with Gasteiger partial charge in [-0.05, 0) is 0 Å². The summed E-state index contributed by atoms with van der Waals surface area (Å²) in [5, 5.41) is 0. The van der Waals surface area contributed by atoms with Crippen LogP contribution in [-0.4, -0.2) is 98.8 Å².